The highest BCUT2D eigenvalue weighted by Gasteiger charge is 1.98. The van der Waals surface area contributed by atoms with Gasteiger partial charge in [0, 0.05) is 22.2 Å². The third-order valence-electron chi connectivity index (χ3n) is 2.93. The second kappa shape index (κ2) is 8.61. The van der Waals surface area contributed by atoms with Crippen LogP contribution in [0.3, 0.4) is 0 Å². The predicted octanol–water partition coefficient (Wildman–Crippen LogP) is 4.62. The molecule has 114 valence electrons. The molecule has 0 atom stereocenters. The van der Waals surface area contributed by atoms with Crippen molar-refractivity contribution in [2.75, 3.05) is 6.54 Å². The van der Waals surface area contributed by atoms with Crippen LogP contribution in [0.1, 0.15) is 11.1 Å². The minimum atomic E-state index is -0.228. The highest BCUT2D eigenvalue weighted by molar-refractivity contribution is 9.10. The van der Waals surface area contributed by atoms with Gasteiger partial charge in [0.15, 0.2) is 0 Å². The molecule has 0 saturated heterocycles. The zero-order chi connectivity index (χ0) is 15.8. The van der Waals surface area contributed by atoms with E-state index in [4.69, 9.17) is 11.6 Å². The minimum absolute atomic E-state index is 0.228. The van der Waals surface area contributed by atoms with Crippen LogP contribution in [-0.2, 0) is 6.42 Å². The van der Waals surface area contributed by atoms with E-state index in [1.165, 1.54) is 0 Å². The fraction of sp³-hybridized carbons (Fsp3) is 0.118. The monoisotopic (exact) mass is 378 g/mol. The third-order valence-corrected chi connectivity index (χ3v) is 3.66. The largest absolute Gasteiger partial charge is 0.338 e. The van der Waals surface area contributed by atoms with Gasteiger partial charge >= 0.3 is 6.03 Å². The fourth-order valence-electron chi connectivity index (χ4n) is 1.89. The molecule has 0 fully saturated rings. The molecule has 0 unspecified atom stereocenters. The number of rotatable bonds is 5. The van der Waals surface area contributed by atoms with E-state index >= 15 is 0 Å². The standard InChI is InChI=1S/C17H16BrClN2O/c18-15-5-1-3-13(11-15)7-9-20-17(22)21-10-8-14-4-2-6-16(19)12-14/h1-7,9,11-12H,8,10H2,(H2,20,21,22)/b9-7+. The Morgan fingerprint density at radius 3 is 2.77 bits per heavy atom. The zero-order valence-electron chi connectivity index (χ0n) is 11.9. The summed E-state index contributed by atoms with van der Waals surface area (Å²) in [5.74, 6) is 0. The van der Waals surface area contributed by atoms with Gasteiger partial charge in [-0.25, -0.2) is 4.79 Å². The molecule has 2 N–H and O–H groups in total. The lowest BCUT2D eigenvalue weighted by atomic mass is 10.1. The average Bonchev–Trinajstić information content (AvgIpc) is 2.47. The van der Waals surface area contributed by atoms with Crippen LogP contribution < -0.4 is 10.6 Å². The summed E-state index contributed by atoms with van der Waals surface area (Å²) in [4.78, 5) is 11.6. The van der Waals surface area contributed by atoms with Crippen molar-refractivity contribution in [2.24, 2.45) is 0 Å². The second-order valence-corrected chi connectivity index (χ2v) is 6.02. The maximum absolute atomic E-state index is 11.6. The maximum Gasteiger partial charge on any atom is 0.318 e. The first-order valence-electron chi connectivity index (χ1n) is 6.84. The van der Waals surface area contributed by atoms with Gasteiger partial charge in [-0.1, -0.05) is 51.8 Å². The second-order valence-electron chi connectivity index (χ2n) is 4.67. The minimum Gasteiger partial charge on any atom is -0.338 e. The molecule has 0 heterocycles. The van der Waals surface area contributed by atoms with Gasteiger partial charge in [-0.15, -0.1) is 0 Å². The van der Waals surface area contributed by atoms with Gasteiger partial charge in [-0.05, 0) is 47.9 Å². The molecule has 0 aliphatic rings. The van der Waals surface area contributed by atoms with Crippen LogP contribution in [0.25, 0.3) is 6.08 Å². The van der Waals surface area contributed by atoms with Gasteiger partial charge in [0.2, 0.25) is 0 Å². The van der Waals surface area contributed by atoms with Gasteiger partial charge in [-0.3, -0.25) is 0 Å². The molecule has 0 aromatic heterocycles. The number of halogens is 2. The van der Waals surface area contributed by atoms with Crippen molar-refractivity contribution < 1.29 is 4.79 Å². The van der Waals surface area contributed by atoms with Crippen molar-refractivity contribution in [3.8, 4) is 0 Å². The highest BCUT2D eigenvalue weighted by atomic mass is 79.9. The molecule has 2 aromatic rings. The van der Waals surface area contributed by atoms with Crippen molar-refractivity contribution in [1.82, 2.24) is 10.6 Å². The maximum atomic E-state index is 11.6. The molecule has 0 saturated carbocycles. The Morgan fingerprint density at radius 1 is 1.18 bits per heavy atom. The van der Waals surface area contributed by atoms with Gasteiger partial charge in [0.05, 0.1) is 0 Å². The molecule has 0 bridgehead atoms. The number of carbonyl (C=O) groups is 1. The average molecular weight is 380 g/mol. The summed E-state index contributed by atoms with van der Waals surface area (Å²) in [6.07, 6.45) is 4.20. The first kappa shape index (κ1) is 16.6. The van der Waals surface area contributed by atoms with Gasteiger partial charge in [0.25, 0.3) is 0 Å². The summed E-state index contributed by atoms with van der Waals surface area (Å²) in [6, 6.07) is 15.2. The molecule has 0 radical (unpaired) electrons. The van der Waals surface area contributed by atoms with Crippen LogP contribution in [0.15, 0.2) is 59.2 Å². The van der Waals surface area contributed by atoms with E-state index < -0.39 is 0 Å². The van der Waals surface area contributed by atoms with Crippen molar-refractivity contribution in [3.63, 3.8) is 0 Å². The molecule has 22 heavy (non-hydrogen) atoms. The number of amides is 2. The summed E-state index contributed by atoms with van der Waals surface area (Å²) < 4.78 is 1.00. The van der Waals surface area contributed by atoms with Gasteiger partial charge in [-0.2, -0.15) is 0 Å². The van der Waals surface area contributed by atoms with Crippen molar-refractivity contribution >= 4 is 39.6 Å². The van der Waals surface area contributed by atoms with Crippen LogP contribution in [0.5, 0.6) is 0 Å². The van der Waals surface area contributed by atoms with E-state index in [0.717, 1.165) is 22.0 Å². The normalized spacial score (nSPS) is 10.6. The topological polar surface area (TPSA) is 41.1 Å². The lowest BCUT2D eigenvalue weighted by Crippen LogP contribution is -2.33. The molecule has 0 spiro atoms. The van der Waals surface area contributed by atoms with E-state index in [0.29, 0.717) is 11.6 Å². The van der Waals surface area contributed by atoms with Crippen LogP contribution in [-0.4, -0.2) is 12.6 Å². The van der Waals surface area contributed by atoms with Gasteiger partial charge in [0.1, 0.15) is 0 Å². The molecule has 2 aromatic carbocycles. The van der Waals surface area contributed by atoms with Crippen molar-refractivity contribution in [1.29, 1.82) is 0 Å². The number of hydrogen-bond acceptors (Lipinski definition) is 1. The molecule has 0 aliphatic heterocycles. The molecular weight excluding hydrogens is 364 g/mol. The molecule has 5 heteroatoms. The van der Waals surface area contributed by atoms with Crippen molar-refractivity contribution in [3.05, 3.63) is 75.4 Å². The first-order valence-corrected chi connectivity index (χ1v) is 8.01. The van der Waals surface area contributed by atoms with E-state index in [2.05, 4.69) is 26.6 Å². The van der Waals surface area contributed by atoms with E-state index in [-0.39, 0.29) is 6.03 Å². The highest BCUT2D eigenvalue weighted by Crippen LogP contribution is 2.12. The summed E-state index contributed by atoms with van der Waals surface area (Å²) in [5.41, 5.74) is 2.10. The van der Waals surface area contributed by atoms with E-state index in [1.54, 1.807) is 6.20 Å². The zero-order valence-corrected chi connectivity index (χ0v) is 14.2. The Morgan fingerprint density at radius 2 is 2.00 bits per heavy atom. The molecular formula is C17H16BrClN2O. The SMILES string of the molecule is O=C(N/C=C/c1cccc(Br)c1)NCCc1cccc(Cl)c1. The fourth-order valence-corrected chi connectivity index (χ4v) is 2.52. The Hall–Kier alpha value is -1.78. The molecule has 0 aliphatic carbocycles. The van der Waals surface area contributed by atoms with Gasteiger partial charge < -0.3 is 10.6 Å². The Labute approximate surface area is 143 Å². The van der Waals surface area contributed by atoms with E-state index in [1.807, 2.05) is 54.6 Å². The molecule has 3 nitrogen and oxygen atoms in total. The number of urea groups is 1. The first-order chi connectivity index (χ1) is 10.6. The van der Waals surface area contributed by atoms with Crippen LogP contribution >= 0.6 is 27.5 Å². The summed E-state index contributed by atoms with van der Waals surface area (Å²) in [7, 11) is 0. The third kappa shape index (κ3) is 5.92. The Bertz CT molecular complexity index is 673. The molecule has 2 amide bonds. The van der Waals surface area contributed by atoms with E-state index in [9.17, 15) is 4.79 Å². The number of nitrogens with one attached hydrogen (secondary N) is 2. The van der Waals surface area contributed by atoms with Crippen LogP contribution in [0, 0.1) is 0 Å². The molecule has 2 rings (SSSR count). The summed E-state index contributed by atoms with van der Waals surface area (Å²) in [5, 5.41) is 6.18. The van der Waals surface area contributed by atoms with Crippen molar-refractivity contribution in [2.45, 2.75) is 6.42 Å². The Balaban J connectivity index is 1.72. The summed E-state index contributed by atoms with van der Waals surface area (Å²) >= 11 is 9.31. The Kier molecular flexibility index (Phi) is 6.49. The number of carbonyl (C=O) groups excluding carboxylic acids is 1. The van der Waals surface area contributed by atoms with Crippen LogP contribution in [0.4, 0.5) is 4.79 Å². The predicted molar refractivity (Wildman–Crippen MR) is 94.9 cm³/mol. The lowest BCUT2D eigenvalue weighted by Gasteiger charge is -2.05. The number of benzene rings is 2. The van der Waals surface area contributed by atoms with Crippen LogP contribution in [0.2, 0.25) is 5.02 Å². The summed E-state index contributed by atoms with van der Waals surface area (Å²) in [6.45, 7) is 0.552. The number of hydrogen-bond donors (Lipinski definition) is 2. The lowest BCUT2D eigenvalue weighted by molar-refractivity contribution is 0.244. The smallest absolute Gasteiger partial charge is 0.318 e. The quantitative estimate of drug-likeness (QED) is 0.782.